The second-order valence-electron chi connectivity index (χ2n) is 10.1. The lowest BCUT2D eigenvalue weighted by Gasteiger charge is -2.38. The average molecular weight is 556 g/mol. The Bertz CT molecular complexity index is 1390. The van der Waals surface area contributed by atoms with Crippen molar-refractivity contribution in [2.75, 3.05) is 31.5 Å². The van der Waals surface area contributed by atoms with Crippen LogP contribution in [0.5, 0.6) is 5.75 Å². The lowest BCUT2D eigenvalue weighted by molar-refractivity contribution is 0.0341. The van der Waals surface area contributed by atoms with Crippen LogP contribution in [0.15, 0.2) is 77.7 Å². The number of carbonyl (C=O) groups is 1. The van der Waals surface area contributed by atoms with E-state index in [1.807, 2.05) is 32.2 Å². The summed E-state index contributed by atoms with van der Waals surface area (Å²) in [4.78, 5) is 17.3. The quantitative estimate of drug-likeness (QED) is 0.415. The van der Waals surface area contributed by atoms with E-state index < -0.39 is 21.9 Å². The van der Waals surface area contributed by atoms with Crippen LogP contribution in [0.1, 0.15) is 29.8 Å². The molecular formula is C29H34FN3O5S. The molecule has 1 aliphatic rings. The molecule has 0 saturated heterocycles. The van der Waals surface area contributed by atoms with Gasteiger partial charge in [0.25, 0.3) is 15.9 Å². The third kappa shape index (κ3) is 6.95. The zero-order chi connectivity index (χ0) is 28.2. The molecule has 2 N–H and O–H groups in total. The number of sulfonamides is 1. The average Bonchev–Trinajstić information content (AvgIpc) is 2.91. The Morgan fingerprint density at radius 3 is 2.49 bits per heavy atom. The third-order valence-electron chi connectivity index (χ3n) is 6.83. The molecule has 1 amide bonds. The molecule has 0 unspecified atom stereocenters. The van der Waals surface area contributed by atoms with Gasteiger partial charge in [-0.1, -0.05) is 37.3 Å². The summed E-state index contributed by atoms with van der Waals surface area (Å²) in [6.07, 6.45) is -0.277. The van der Waals surface area contributed by atoms with Gasteiger partial charge in [-0.3, -0.25) is 14.4 Å². The normalized spacial score (nSPS) is 18.6. The van der Waals surface area contributed by atoms with Crippen LogP contribution in [0.4, 0.5) is 10.1 Å². The van der Waals surface area contributed by atoms with E-state index in [1.165, 1.54) is 29.8 Å². The molecular weight excluding hydrogens is 521 g/mol. The maximum Gasteiger partial charge on any atom is 0.261 e. The zero-order valence-electron chi connectivity index (χ0n) is 22.2. The Morgan fingerprint density at radius 1 is 1.13 bits per heavy atom. The van der Waals surface area contributed by atoms with E-state index in [-0.39, 0.29) is 40.7 Å². The van der Waals surface area contributed by atoms with Gasteiger partial charge in [-0.05, 0) is 62.0 Å². The number of benzene rings is 3. The highest BCUT2D eigenvalue weighted by Crippen LogP contribution is 2.31. The summed E-state index contributed by atoms with van der Waals surface area (Å²) in [5.41, 5.74) is 1.53. The zero-order valence-corrected chi connectivity index (χ0v) is 23.1. The molecule has 3 aromatic carbocycles. The van der Waals surface area contributed by atoms with Gasteiger partial charge in [-0.25, -0.2) is 12.8 Å². The van der Waals surface area contributed by atoms with Gasteiger partial charge in [0.05, 0.1) is 23.1 Å². The summed E-state index contributed by atoms with van der Waals surface area (Å²) in [6, 6.07) is 18.7. The number of fused-ring (bicyclic) bond motifs is 1. The van der Waals surface area contributed by atoms with Crippen LogP contribution in [0, 0.1) is 11.7 Å². The largest absolute Gasteiger partial charge is 0.488 e. The molecule has 8 nitrogen and oxygen atoms in total. The molecule has 4 rings (SSSR count). The van der Waals surface area contributed by atoms with Gasteiger partial charge in [0, 0.05) is 31.2 Å². The Hall–Kier alpha value is -3.47. The number of amides is 1. The lowest BCUT2D eigenvalue weighted by Crippen LogP contribution is -2.49. The third-order valence-corrected chi connectivity index (χ3v) is 8.23. The standard InChI is InChI=1S/C29H34FN3O5S/c1-20-16-33(21(2)19-34)29(35)26-15-24(31-39(36,37)25-12-9-23(30)10-13-25)11-14-27(26)38-28(20)18-32(3)17-22-7-5-4-6-8-22/h4-15,20-21,28,31,34H,16-19H2,1-3H3/t20-,21-,28-/m0/s1. The number of aliphatic hydroxyl groups is 1. The van der Waals surface area contributed by atoms with Gasteiger partial charge in [0.15, 0.2) is 0 Å². The number of rotatable bonds is 9. The number of anilines is 1. The van der Waals surface area contributed by atoms with Crippen LogP contribution in [-0.2, 0) is 16.6 Å². The maximum absolute atomic E-state index is 13.6. The van der Waals surface area contributed by atoms with Gasteiger partial charge in [0.2, 0.25) is 0 Å². The van der Waals surface area contributed by atoms with Crippen molar-refractivity contribution in [2.45, 2.75) is 37.4 Å². The van der Waals surface area contributed by atoms with Crippen LogP contribution < -0.4 is 9.46 Å². The fourth-order valence-corrected chi connectivity index (χ4v) is 5.65. The highest BCUT2D eigenvalue weighted by molar-refractivity contribution is 7.92. The smallest absolute Gasteiger partial charge is 0.261 e. The highest BCUT2D eigenvalue weighted by atomic mass is 32.2. The van der Waals surface area contributed by atoms with E-state index in [9.17, 15) is 22.7 Å². The molecule has 1 aliphatic heterocycles. The molecule has 0 radical (unpaired) electrons. The van der Waals surface area contributed by atoms with Crippen LogP contribution in [0.3, 0.4) is 0 Å². The van der Waals surface area contributed by atoms with Crippen molar-refractivity contribution in [1.29, 1.82) is 0 Å². The number of aliphatic hydroxyl groups excluding tert-OH is 1. The molecule has 3 aromatic rings. The second kappa shape index (κ2) is 12.1. The van der Waals surface area contributed by atoms with Crippen LogP contribution in [0.25, 0.3) is 0 Å². The summed E-state index contributed by atoms with van der Waals surface area (Å²) >= 11 is 0. The first-order valence-electron chi connectivity index (χ1n) is 12.8. The van der Waals surface area contributed by atoms with Gasteiger partial charge >= 0.3 is 0 Å². The fraction of sp³-hybridized carbons (Fsp3) is 0.345. The summed E-state index contributed by atoms with van der Waals surface area (Å²) in [7, 11) is -2.01. The minimum absolute atomic E-state index is 0.0500. The van der Waals surface area contributed by atoms with E-state index in [2.05, 4.69) is 21.8 Å². The molecule has 0 fully saturated rings. The van der Waals surface area contributed by atoms with Crippen LogP contribution >= 0.6 is 0 Å². The van der Waals surface area contributed by atoms with E-state index in [4.69, 9.17) is 4.74 Å². The molecule has 10 heteroatoms. The second-order valence-corrected chi connectivity index (χ2v) is 11.8. The molecule has 0 aliphatic carbocycles. The molecule has 0 spiro atoms. The highest BCUT2D eigenvalue weighted by Gasteiger charge is 2.33. The van der Waals surface area contributed by atoms with Crippen molar-refractivity contribution in [3.05, 3.63) is 89.7 Å². The first kappa shape index (κ1) is 28.5. The number of carbonyl (C=O) groups excluding carboxylic acids is 1. The Balaban J connectivity index is 1.63. The predicted molar refractivity (Wildman–Crippen MR) is 148 cm³/mol. The Labute approximate surface area is 229 Å². The van der Waals surface area contributed by atoms with Gasteiger partial charge in [-0.15, -0.1) is 0 Å². The number of halogens is 1. The van der Waals surface area contributed by atoms with Crippen LogP contribution in [0.2, 0.25) is 0 Å². The SMILES string of the molecule is C[C@H]1CN([C@@H](C)CO)C(=O)c2cc(NS(=O)(=O)c3ccc(F)cc3)ccc2O[C@H]1CN(C)Cc1ccccc1. The summed E-state index contributed by atoms with van der Waals surface area (Å²) < 4.78 is 47.9. The van der Waals surface area contributed by atoms with Crippen molar-refractivity contribution in [1.82, 2.24) is 9.80 Å². The molecule has 39 heavy (non-hydrogen) atoms. The van der Waals surface area contributed by atoms with Crippen molar-refractivity contribution < 1.29 is 27.4 Å². The molecule has 1 heterocycles. The van der Waals surface area contributed by atoms with Gasteiger partial charge in [-0.2, -0.15) is 0 Å². The summed E-state index contributed by atoms with van der Waals surface area (Å²) in [6.45, 7) is 5.23. The molecule has 3 atom stereocenters. The summed E-state index contributed by atoms with van der Waals surface area (Å²) in [5.74, 6) is -0.623. The number of nitrogens with zero attached hydrogens (tertiary/aromatic N) is 2. The van der Waals surface area contributed by atoms with Crippen molar-refractivity contribution >= 4 is 21.6 Å². The number of ether oxygens (including phenoxy) is 1. The number of nitrogens with one attached hydrogen (secondary N) is 1. The molecule has 0 aromatic heterocycles. The fourth-order valence-electron chi connectivity index (χ4n) is 4.60. The maximum atomic E-state index is 13.6. The molecule has 0 saturated carbocycles. The lowest BCUT2D eigenvalue weighted by atomic mass is 9.99. The van der Waals surface area contributed by atoms with E-state index in [0.717, 1.165) is 18.7 Å². The first-order valence-corrected chi connectivity index (χ1v) is 14.3. The number of hydrogen-bond acceptors (Lipinski definition) is 6. The first-order chi connectivity index (χ1) is 18.6. The molecule has 208 valence electrons. The van der Waals surface area contributed by atoms with Crippen molar-refractivity contribution in [3.8, 4) is 5.75 Å². The predicted octanol–water partition coefficient (Wildman–Crippen LogP) is 3.98. The number of likely N-dealkylation sites (N-methyl/N-ethyl adjacent to an activating group) is 1. The molecule has 0 bridgehead atoms. The topological polar surface area (TPSA) is 99.2 Å². The van der Waals surface area contributed by atoms with E-state index >= 15 is 0 Å². The van der Waals surface area contributed by atoms with E-state index in [1.54, 1.807) is 17.9 Å². The minimum atomic E-state index is -4.02. The monoisotopic (exact) mass is 555 g/mol. The summed E-state index contributed by atoms with van der Waals surface area (Å²) in [5, 5.41) is 9.88. The Morgan fingerprint density at radius 2 is 1.82 bits per heavy atom. The van der Waals surface area contributed by atoms with Gasteiger partial charge < -0.3 is 14.7 Å². The van der Waals surface area contributed by atoms with E-state index in [0.29, 0.717) is 18.8 Å². The number of hydrogen-bond donors (Lipinski definition) is 2. The minimum Gasteiger partial charge on any atom is -0.488 e. The van der Waals surface area contributed by atoms with Crippen molar-refractivity contribution in [2.24, 2.45) is 5.92 Å². The van der Waals surface area contributed by atoms with Gasteiger partial charge in [0.1, 0.15) is 17.7 Å². The van der Waals surface area contributed by atoms with Crippen LogP contribution in [-0.4, -0.2) is 68.1 Å². The van der Waals surface area contributed by atoms with Crippen molar-refractivity contribution in [3.63, 3.8) is 0 Å². The Kier molecular flexibility index (Phi) is 8.89.